The van der Waals surface area contributed by atoms with Crippen LogP contribution in [0.25, 0.3) is 0 Å². The smallest absolute Gasteiger partial charge is 0.234 e. The van der Waals surface area contributed by atoms with Crippen molar-refractivity contribution in [3.05, 3.63) is 34.9 Å². The summed E-state index contributed by atoms with van der Waals surface area (Å²) in [7, 11) is 1.87. The van der Waals surface area contributed by atoms with Gasteiger partial charge in [0.15, 0.2) is 0 Å². The van der Waals surface area contributed by atoms with E-state index in [1.165, 1.54) is 0 Å². The van der Waals surface area contributed by atoms with Crippen LogP contribution in [0.15, 0.2) is 24.3 Å². The molecule has 0 spiro atoms. The summed E-state index contributed by atoms with van der Waals surface area (Å²) in [6, 6.07) is 7.52. The minimum Gasteiger partial charge on any atom is -0.355 e. The van der Waals surface area contributed by atoms with Crippen LogP contribution in [-0.4, -0.2) is 37.5 Å². The number of halogens is 1. The van der Waals surface area contributed by atoms with E-state index in [-0.39, 0.29) is 11.9 Å². The van der Waals surface area contributed by atoms with Crippen molar-refractivity contribution in [2.45, 2.75) is 13.0 Å². The quantitative estimate of drug-likeness (QED) is 0.821. The predicted octanol–water partition coefficient (Wildman–Crippen LogP) is 1.41. The number of nitrogens with two attached hydrogens (primary N) is 1. The second kappa shape index (κ2) is 7.36. The van der Waals surface area contributed by atoms with Crippen molar-refractivity contribution in [3.63, 3.8) is 0 Å². The van der Waals surface area contributed by atoms with Gasteiger partial charge in [-0.3, -0.25) is 9.69 Å². The Bertz CT molecular complexity index is 398. The monoisotopic (exact) mass is 269 g/mol. The van der Waals surface area contributed by atoms with Gasteiger partial charge in [-0.25, -0.2) is 0 Å². The molecule has 4 nitrogen and oxygen atoms in total. The third-order valence-electron chi connectivity index (χ3n) is 2.79. The molecule has 0 bridgehead atoms. The van der Waals surface area contributed by atoms with E-state index in [4.69, 9.17) is 17.3 Å². The molecule has 3 N–H and O–H groups in total. The molecule has 0 aliphatic rings. The predicted molar refractivity (Wildman–Crippen MR) is 74.6 cm³/mol. The number of benzene rings is 1. The Kier molecular flexibility index (Phi) is 6.12. The van der Waals surface area contributed by atoms with Crippen molar-refractivity contribution in [2.24, 2.45) is 5.73 Å². The van der Waals surface area contributed by atoms with Crippen LogP contribution in [0, 0.1) is 0 Å². The van der Waals surface area contributed by atoms with Crippen LogP contribution in [0.2, 0.25) is 5.02 Å². The van der Waals surface area contributed by atoms with Crippen LogP contribution in [0.4, 0.5) is 0 Å². The molecule has 1 aromatic rings. The van der Waals surface area contributed by atoms with E-state index in [2.05, 4.69) is 5.32 Å². The van der Waals surface area contributed by atoms with Gasteiger partial charge in [0.25, 0.3) is 0 Å². The summed E-state index contributed by atoms with van der Waals surface area (Å²) in [5.41, 5.74) is 6.74. The molecular formula is C13H20ClN3O. The van der Waals surface area contributed by atoms with Crippen molar-refractivity contribution >= 4 is 17.5 Å². The number of nitrogens with zero attached hydrogens (tertiary/aromatic N) is 1. The molecule has 0 saturated carbocycles. The maximum atomic E-state index is 11.6. The van der Waals surface area contributed by atoms with Gasteiger partial charge in [-0.15, -0.1) is 0 Å². The zero-order valence-corrected chi connectivity index (χ0v) is 11.6. The van der Waals surface area contributed by atoms with E-state index in [1.807, 2.05) is 43.1 Å². The highest BCUT2D eigenvalue weighted by atomic mass is 35.5. The number of carbonyl (C=O) groups excluding carboxylic acids is 1. The molecule has 0 radical (unpaired) electrons. The van der Waals surface area contributed by atoms with E-state index in [0.29, 0.717) is 24.7 Å². The first-order valence-electron chi connectivity index (χ1n) is 6.01. The SMILES string of the molecule is CCNC(=O)CN(C)C(CN)c1ccccc1Cl. The molecule has 0 aliphatic carbocycles. The van der Waals surface area contributed by atoms with Crippen molar-refractivity contribution in [1.82, 2.24) is 10.2 Å². The van der Waals surface area contributed by atoms with Crippen molar-refractivity contribution in [2.75, 3.05) is 26.7 Å². The molecule has 1 rings (SSSR count). The zero-order chi connectivity index (χ0) is 13.5. The van der Waals surface area contributed by atoms with Gasteiger partial charge in [-0.05, 0) is 25.6 Å². The molecule has 0 heterocycles. The summed E-state index contributed by atoms with van der Waals surface area (Å²) in [5.74, 6) is -0.00879. The highest BCUT2D eigenvalue weighted by molar-refractivity contribution is 6.31. The highest BCUT2D eigenvalue weighted by Crippen LogP contribution is 2.25. The van der Waals surface area contributed by atoms with Gasteiger partial charge in [0.2, 0.25) is 5.91 Å². The number of likely N-dealkylation sites (N-methyl/N-ethyl adjacent to an activating group) is 2. The van der Waals surface area contributed by atoms with Gasteiger partial charge in [0.05, 0.1) is 6.54 Å². The normalized spacial score (nSPS) is 12.5. The minimum atomic E-state index is -0.0543. The topological polar surface area (TPSA) is 58.4 Å². The van der Waals surface area contributed by atoms with Crippen LogP contribution in [0.5, 0.6) is 0 Å². The second-order valence-corrected chi connectivity index (χ2v) is 4.55. The van der Waals surface area contributed by atoms with Crippen LogP contribution < -0.4 is 11.1 Å². The molecule has 18 heavy (non-hydrogen) atoms. The van der Waals surface area contributed by atoms with E-state index in [1.54, 1.807) is 0 Å². The molecule has 1 aromatic carbocycles. The summed E-state index contributed by atoms with van der Waals surface area (Å²) < 4.78 is 0. The first-order valence-corrected chi connectivity index (χ1v) is 6.39. The van der Waals surface area contributed by atoms with Crippen LogP contribution in [0.1, 0.15) is 18.5 Å². The molecule has 1 amide bonds. The summed E-state index contributed by atoms with van der Waals surface area (Å²) in [6.07, 6.45) is 0. The fourth-order valence-corrected chi connectivity index (χ4v) is 2.14. The molecule has 5 heteroatoms. The van der Waals surface area contributed by atoms with E-state index >= 15 is 0 Å². The maximum Gasteiger partial charge on any atom is 0.234 e. The Labute approximate surface area is 113 Å². The van der Waals surface area contributed by atoms with Gasteiger partial charge in [-0.1, -0.05) is 29.8 Å². The highest BCUT2D eigenvalue weighted by Gasteiger charge is 2.19. The molecule has 1 unspecified atom stereocenters. The lowest BCUT2D eigenvalue weighted by Crippen LogP contribution is -2.39. The average molecular weight is 270 g/mol. The van der Waals surface area contributed by atoms with E-state index in [0.717, 1.165) is 5.56 Å². The van der Waals surface area contributed by atoms with Crippen molar-refractivity contribution in [1.29, 1.82) is 0 Å². The summed E-state index contributed by atoms with van der Waals surface area (Å²) in [6.45, 7) is 3.25. The first kappa shape index (κ1) is 15.0. The van der Waals surface area contributed by atoms with Crippen molar-refractivity contribution in [3.8, 4) is 0 Å². The lowest BCUT2D eigenvalue weighted by molar-refractivity contribution is -0.122. The molecule has 100 valence electrons. The minimum absolute atomic E-state index is 0.00879. The van der Waals surface area contributed by atoms with Crippen LogP contribution in [0.3, 0.4) is 0 Å². The van der Waals surface area contributed by atoms with Crippen molar-refractivity contribution < 1.29 is 4.79 Å². The Morgan fingerprint density at radius 2 is 2.17 bits per heavy atom. The number of amides is 1. The number of carbonyl (C=O) groups is 1. The lowest BCUT2D eigenvalue weighted by atomic mass is 10.1. The second-order valence-electron chi connectivity index (χ2n) is 4.14. The third kappa shape index (κ3) is 3.98. The Hall–Kier alpha value is -1.10. The standard InChI is InChI=1S/C13H20ClN3O/c1-3-16-13(18)9-17(2)12(8-15)10-6-4-5-7-11(10)14/h4-7,12H,3,8-9,15H2,1-2H3,(H,16,18). The Balaban J connectivity index is 2.77. The zero-order valence-electron chi connectivity index (χ0n) is 10.8. The summed E-state index contributed by atoms with van der Waals surface area (Å²) in [5, 5.41) is 3.44. The third-order valence-corrected chi connectivity index (χ3v) is 3.13. The number of rotatable bonds is 6. The molecule has 0 aliphatic heterocycles. The van der Waals surface area contributed by atoms with Gasteiger partial charge in [0.1, 0.15) is 0 Å². The number of nitrogens with one attached hydrogen (secondary N) is 1. The average Bonchev–Trinajstić information content (AvgIpc) is 2.32. The molecular weight excluding hydrogens is 250 g/mol. The fourth-order valence-electron chi connectivity index (χ4n) is 1.88. The lowest BCUT2D eigenvalue weighted by Gasteiger charge is -2.27. The summed E-state index contributed by atoms with van der Waals surface area (Å²) in [4.78, 5) is 13.5. The van der Waals surface area contributed by atoms with Gasteiger partial charge in [-0.2, -0.15) is 0 Å². The fraction of sp³-hybridized carbons (Fsp3) is 0.462. The number of hydrogen-bond donors (Lipinski definition) is 2. The van der Waals surface area contributed by atoms with Crippen LogP contribution in [-0.2, 0) is 4.79 Å². The Morgan fingerprint density at radius 3 is 2.72 bits per heavy atom. The first-order chi connectivity index (χ1) is 8.60. The van der Waals surface area contributed by atoms with Gasteiger partial charge in [0, 0.05) is 24.2 Å². The van der Waals surface area contributed by atoms with Gasteiger partial charge < -0.3 is 11.1 Å². The largest absolute Gasteiger partial charge is 0.355 e. The van der Waals surface area contributed by atoms with Crippen LogP contribution >= 0.6 is 11.6 Å². The van der Waals surface area contributed by atoms with Gasteiger partial charge >= 0.3 is 0 Å². The van der Waals surface area contributed by atoms with E-state index in [9.17, 15) is 4.79 Å². The number of hydrogen-bond acceptors (Lipinski definition) is 3. The van der Waals surface area contributed by atoms with E-state index < -0.39 is 0 Å². The summed E-state index contributed by atoms with van der Waals surface area (Å²) >= 11 is 6.16. The maximum absolute atomic E-state index is 11.6. The molecule has 0 aromatic heterocycles. The molecule has 1 atom stereocenters. The molecule has 0 fully saturated rings. The Morgan fingerprint density at radius 1 is 1.50 bits per heavy atom. The molecule has 0 saturated heterocycles.